The van der Waals surface area contributed by atoms with E-state index in [0.717, 1.165) is 21.5 Å². The van der Waals surface area contributed by atoms with E-state index in [-0.39, 0.29) is 0 Å². The van der Waals surface area contributed by atoms with Gasteiger partial charge in [-0.3, -0.25) is 0 Å². The Morgan fingerprint density at radius 2 is 0.769 bits per heavy atom. The van der Waals surface area contributed by atoms with Gasteiger partial charge in [0.05, 0.1) is 42.7 Å². The molecule has 0 fully saturated rings. The van der Waals surface area contributed by atoms with Crippen molar-refractivity contribution in [3.8, 4) is 34.5 Å². The fraction of sp³-hybridized carbons (Fsp3) is 0.300. The number of benzene rings is 3. The van der Waals surface area contributed by atoms with E-state index >= 15 is 0 Å². The fourth-order valence-corrected chi connectivity index (χ4v) is 3.30. The molecule has 0 saturated carbocycles. The van der Waals surface area contributed by atoms with Gasteiger partial charge < -0.3 is 28.4 Å². The Balaban J connectivity index is 2.53. The molecule has 0 amide bonds. The quantitative estimate of drug-likeness (QED) is 0.620. The van der Waals surface area contributed by atoms with Gasteiger partial charge in [0.1, 0.15) is 0 Å². The Labute approximate surface area is 152 Å². The number of methoxy groups -OCH3 is 6. The highest BCUT2D eigenvalue weighted by molar-refractivity contribution is 6.13. The Kier molecular flexibility index (Phi) is 4.84. The van der Waals surface area contributed by atoms with Crippen LogP contribution in [0.15, 0.2) is 24.3 Å². The molecule has 3 rings (SSSR count). The van der Waals surface area contributed by atoms with E-state index in [1.54, 1.807) is 42.7 Å². The van der Waals surface area contributed by atoms with Crippen molar-refractivity contribution >= 4 is 21.5 Å². The highest BCUT2D eigenvalue weighted by Gasteiger charge is 2.21. The number of hydrogen-bond acceptors (Lipinski definition) is 6. The minimum Gasteiger partial charge on any atom is -0.493 e. The largest absolute Gasteiger partial charge is 0.493 e. The minimum absolute atomic E-state index is 0.550. The van der Waals surface area contributed by atoms with Crippen molar-refractivity contribution in [1.82, 2.24) is 0 Å². The van der Waals surface area contributed by atoms with Gasteiger partial charge in [-0.2, -0.15) is 0 Å². The second-order valence-electron chi connectivity index (χ2n) is 5.55. The van der Waals surface area contributed by atoms with Gasteiger partial charge in [0.2, 0.25) is 11.5 Å². The van der Waals surface area contributed by atoms with Crippen LogP contribution in [-0.4, -0.2) is 42.7 Å². The zero-order chi connectivity index (χ0) is 18.8. The van der Waals surface area contributed by atoms with Crippen LogP contribution in [0.5, 0.6) is 34.5 Å². The van der Waals surface area contributed by atoms with Gasteiger partial charge in [0.15, 0.2) is 23.0 Å². The molecule has 0 spiro atoms. The Morgan fingerprint density at radius 1 is 0.423 bits per heavy atom. The standard InChI is InChI=1S/C20H22O6/c1-21-15-9-13-11(17(23-3)19(15)25-5)7-8-12-14(13)10-16(22-2)20(26-6)18(12)24-4/h7-10H,1-6H3. The van der Waals surface area contributed by atoms with Crippen molar-refractivity contribution in [1.29, 1.82) is 0 Å². The van der Waals surface area contributed by atoms with E-state index in [1.165, 1.54) is 0 Å². The molecule has 6 heteroatoms. The predicted molar refractivity (Wildman–Crippen MR) is 101 cm³/mol. The highest BCUT2D eigenvalue weighted by Crippen LogP contribution is 2.49. The van der Waals surface area contributed by atoms with Crippen LogP contribution in [0.4, 0.5) is 0 Å². The first-order chi connectivity index (χ1) is 12.6. The maximum atomic E-state index is 5.61. The molecule has 0 saturated heterocycles. The average Bonchev–Trinajstić information content (AvgIpc) is 2.69. The van der Waals surface area contributed by atoms with E-state index in [0.29, 0.717) is 34.5 Å². The monoisotopic (exact) mass is 358 g/mol. The molecule has 0 aliphatic carbocycles. The molecule has 3 aromatic rings. The van der Waals surface area contributed by atoms with E-state index in [1.807, 2.05) is 24.3 Å². The first kappa shape index (κ1) is 17.8. The zero-order valence-electron chi connectivity index (χ0n) is 15.8. The summed E-state index contributed by atoms with van der Waals surface area (Å²) < 4.78 is 33.2. The molecule has 0 atom stereocenters. The van der Waals surface area contributed by atoms with E-state index in [4.69, 9.17) is 28.4 Å². The first-order valence-corrected chi connectivity index (χ1v) is 7.99. The molecule has 0 aliphatic rings. The fourth-order valence-electron chi connectivity index (χ4n) is 3.30. The van der Waals surface area contributed by atoms with Gasteiger partial charge in [0.25, 0.3) is 0 Å². The number of fused-ring (bicyclic) bond motifs is 3. The van der Waals surface area contributed by atoms with Crippen molar-refractivity contribution in [2.24, 2.45) is 0 Å². The van der Waals surface area contributed by atoms with Crippen LogP contribution in [0.3, 0.4) is 0 Å². The van der Waals surface area contributed by atoms with Crippen molar-refractivity contribution in [3.63, 3.8) is 0 Å². The molecule has 3 aromatic carbocycles. The van der Waals surface area contributed by atoms with Crippen LogP contribution in [0, 0.1) is 0 Å². The summed E-state index contributed by atoms with van der Waals surface area (Å²) >= 11 is 0. The summed E-state index contributed by atoms with van der Waals surface area (Å²) in [7, 11) is 9.58. The molecule has 0 unspecified atom stereocenters. The average molecular weight is 358 g/mol. The third kappa shape index (κ3) is 2.49. The molecule has 6 nitrogen and oxygen atoms in total. The van der Waals surface area contributed by atoms with Crippen molar-refractivity contribution in [2.45, 2.75) is 0 Å². The zero-order valence-corrected chi connectivity index (χ0v) is 15.8. The minimum atomic E-state index is 0.550. The summed E-state index contributed by atoms with van der Waals surface area (Å²) in [4.78, 5) is 0. The summed E-state index contributed by atoms with van der Waals surface area (Å²) in [6, 6.07) is 7.77. The van der Waals surface area contributed by atoms with E-state index in [9.17, 15) is 0 Å². The lowest BCUT2D eigenvalue weighted by molar-refractivity contribution is 0.326. The second-order valence-corrected chi connectivity index (χ2v) is 5.55. The van der Waals surface area contributed by atoms with Crippen molar-refractivity contribution < 1.29 is 28.4 Å². The van der Waals surface area contributed by atoms with Crippen LogP contribution in [-0.2, 0) is 0 Å². The smallest absolute Gasteiger partial charge is 0.203 e. The van der Waals surface area contributed by atoms with Crippen LogP contribution < -0.4 is 28.4 Å². The molecule has 26 heavy (non-hydrogen) atoms. The topological polar surface area (TPSA) is 55.4 Å². The molecule has 0 aromatic heterocycles. The van der Waals surface area contributed by atoms with Gasteiger partial charge in [-0.1, -0.05) is 0 Å². The summed E-state index contributed by atoms with van der Waals surface area (Å²) in [6.45, 7) is 0. The summed E-state index contributed by atoms with van der Waals surface area (Å²) in [5.41, 5.74) is 0. The molecule has 0 bridgehead atoms. The Bertz CT molecular complexity index is 885. The van der Waals surface area contributed by atoms with E-state index in [2.05, 4.69) is 0 Å². The maximum absolute atomic E-state index is 5.61. The number of hydrogen-bond donors (Lipinski definition) is 0. The lowest BCUT2D eigenvalue weighted by atomic mass is 9.99. The summed E-state index contributed by atoms with van der Waals surface area (Å²) in [5.74, 6) is 3.48. The van der Waals surface area contributed by atoms with Gasteiger partial charge >= 0.3 is 0 Å². The Morgan fingerprint density at radius 3 is 1.04 bits per heavy atom. The Hall–Kier alpha value is -3.02. The van der Waals surface area contributed by atoms with Crippen LogP contribution >= 0.6 is 0 Å². The predicted octanol–water partition coefficient (Wildman–Crippen LogP) is 4.04. The third-order valence-electron chi connectivity index (χ3n) is 4.44. The SMILES string of the molecule is COc1cc2c(ccc3c(OC)c(OC)c(OC)cc32)c(OC)c1OC. The first-order valence-electron chi connectivity index (χ1n) is 7.99. The molecule has 0 N–H and O–H groups in total. The molecule has 0 radical (unpaired) electrons. The normalized spacial score (nSPS) is 10.7. The van der Waals surface area contributed by atoms with Gasteiger partial charge in [-0.25, -0.2) is 0 Å². The molecule has 0 heterocycles. The molecule has 0 aliphatic heterocycles. The second kappa shape index (κ2) is 7.07. The van der Waals surface area contributed by atoms with Gasteiger partial charge in [0, 0.05) is 10.8 Å². The third-order valence-corrected chi connectivity index (χ3v) is 4.44. The van der Waals surface area contributed by atoms with Crippen LogP contribution in [0.2, 0.25) is 0 Å². The van der Waals surface area contributed by atoms with Crippen molar-refractivity contribution in [3.05, 3.63) is 24.3 Å². The molecule has 138 valence electrons. The number of rotatable bonds is 6. The lowest BCUT2D eigenvalue weighted by Gasteiger charge is -2.18. The van der Waals surface area contributed by atoms with Gasteiger partial charge in [-0.15, -0.1) is 0 Å². The van der Waals surface area contributed by atoms with Crippen LogP contribution in [0.25, 0.3) is 21.5 Å². The van der Waals surface area contributed by atoms with E-state index < -0.39 is 0 Å². The molecular weight excluding hydrogens is 336 g/mol. The summed E-state index contributed by atoms with van der Waals surface area (Å²) in [6.07, 6.45) is 0. The lowest BCUT2D eigenvalue weighted by Crippen LogP contribution is -1.98. The van der Waals surface area contributed by atoms with Crippen molar-refractivity contribution in [2.75, 3.05) is 42.7 Å². The highest BCUT2D eigenvalue weighted by atomic mass is 16.5. The maximum Gasteiger partial charge on any atom is 0.203 e. The summed E-state index contributed by atoms with van der Waals surface area (Å²) in [5, 5.41) is 3.64. The molecular formula is C20H22O6. The van der Waals surface area contributed by atoms with Gasteiger partial charge in [-0.05, 0) is 35.0 Å². The van der Waals surface area contributed by atoms with Crippen LogP contribution in [0.1, 0.15) is 0 Å². The number of ether oxygens (including phenoxy) is 6.